The minimum atomic E-state index is -0.168. The first-order chi connectivity index (χ1) is 12.1. The summed E-state index contributed by atoms with van der Waals surface area (Å²) in [4.78, 5) is 0. The molecule has 0 radical (unpaired) electrons. The number of ether oxygens (including phenoxy) is 1. The summed E-state index contributed by atoms with van der Waals surface area (Å²) in [6, 6.07) is 14.3. The van der Waals surface area contributed by atoms with Gasteiger partial charge in [0.2, 0.25) is 0 Å². The van der Waals surface area contributed by atoms with Crippen molar-refractivity contribution in [2.45, 2.75) is 33.2 Å². The summed E-state index contributed by atoms with van der Waals surface area (Å²) < 4.78 is 7.79. The van der Waals surface area contributed by atoms with Gasteiger partial charge in [-0.2, -0.15) is 0 Å². The van der Waals surface area contributed by atoms with Gasteiger partial charge in [0.1, 0.15) is 5.75 Å². The summed E-state index contributed by atoms with van der Waals surface area (Å²) in [6.07, 6.45) is 3.53. The van der Waals surface area contributed by atoms with Crippen molar-refractivity contribution in [3.05, 3.63) is 54.4 Å². The van der Waals surface area contributed by atoms with Crippen molar-refractivity contribution in [1.82, 2.24) is 15.0 Å². The lowest BCUT2D eigenvalue weighted by Gasteiger charge is -2.19. The third kappa shape index (κ3) is 4.57. The molecule has 132 valence electrons. The molecule has 0 aliphatic carbocycles. The molecule has 0 unspecified atom stereocenters. The van der Waals surface area contributed by atoms with E-state index in [0.29, 0.717) is 6.61 Å². The van der Waals surface area contributed by atoms with Crippen LogP contribution in [0.3, 0.4) is 0 Å². The van der Waals surface area contributed by atoms with Crippen molar-refractivity contribution < 1.29 is 9.84 Å². The summed E-state index contributed by atoms with van der Waals surface area (Å²) in [6.45, 7) is 5.56. The van der Waals surface area contributed by atoms with E-state index < -0.39 is 0 Å². The topological polar surface area (TPSA) is 60.2 Å². The summed E-state index contributed by atoms with van der Waals surface area (Å²) in [5, 5.41) is 20.0. The van der Waals surface area contributed by atoms with E-state index in [2.05, 4.69) is 28.5 Å². The molecule has 0 atom stereocenters. The highest BCUT2D eigenvalue weighted by Gasteiger charge is 2.19. The molecule has 0 saturated carbocycles. The Kier molecular flexibility index (Phi) is 5.34. The highest BCUT2D eigenvalue weighted by molar-refractivity contribution is 5.88. The SMILES string of the molecule is CC(C)(CO)Cc1cn(CCCOc2cccc3ccccc23)nn1. The van der Waals surface area contributed by atoms with Gasteiger partial charge in [-0.15, -0.1) is 5.10 Å². The molecule has 25 heavy (non-hydrogen) atoms. The molecular formula is C20H25N3O2. The maximum Gasteiger partial charge on any atom is 0.127 e. The van der Waals surface area contributed by atoms with Crippen molar-refractivity contribution >= 4 is 10.8 Å². The number of aliphatic hydroxyl groups excluding tert-OH is 1. The number of benzene rings is 2. The number of nitrogens with zero attached hydrogens (tertiary/aromatic N) is 3. The Morgan fingerprint density at radius 2 is 1.92 bits per heavy atom. The minimum Gasteiger partial charge on any atom is -0.493 e. The van der Waals surface area contributed by atoms with Crippen molar-refractivity contribution in [1.29, 1.82) is 0 Å². The lowest BCUT2D eigenvalue weighted by atomic mass is 9.89. The molecule has 5 nitrogen and oxygen atoms in total. The van der Waals surface area contributed by atoms with E-state index in [1.807, 2.05) is 49.0 Å². The van der Waals surface area contributed by atoms with Crippen LogP contribution in [-0.2, 0) is 13.0 Å². The second-order valence-electron chi connectivity index (χ2n) is 7.15. The Bertz CT molecular complexity index is 821. The van der Waals surface area contributed by atoms with Crippen LogP contribution < -0.4 is 4.74 Å². The van der Waals surface area contributed by atoms with Crippen LogP contribution in [0, 0.1) is 5.41 Å². The number of aromatic nitrogens is 3. The number of rotatable bonds is 8. The predicted molar refractivity (Wildman–Crippen MR) is 98.7 cm³/mol. The standard InChI is InChI=1S/C20H25N3O2/c1-20(2,15-24)13-17-14-23(22-21-17)11-6-12-25-19-10-5-8-16-7-3-4-9-18(16)19/h3-5,7-10,14,24H,6,11-13,15H2,1-2H3. The lowest BCUT2D eigenvalue weighted by molar-refractivity contribution is 0.158. The van der Waals surface area contributed by atoms with Crippen molar-refractivity contribution in [2.24, 2.45) is 5.41 Å². The Hall–Kier alpha value is -2.40. The van der Waals surface area contributed by atoms with Crippen molar-refractivity contribution in [3.8, 4) is 5.75 Å². The third-order valence-electron chi connectivity index (χ3n) is 4.21. The van der Waals surface area contributed by atoms with Gasteiger partial charge in [-0.3, -0.25) is 4.68 Å². The number of hydrogen-bond donors (Lipinski definition) is 1. The summed E-state index contributed by atoms with van der Waals surface area (Å²) >= 11 is 0. The Morgan fingerprint density at radius 1 is 1.12 bits per heavy atom. The summed E-state index contributed by atoms with van der Waals surface area (Å²) in [5.41, 5.74) is 0.743. The van der Waals surface area contributed by atoms with Gasteiger partial charge in [0.25, 0.3) is 0 Å². The van der Waals surface area contributed by atoms with Crippen LogP contribution in [0.2, 0.25) is 0 Å². The fourth-order valence-corrected chi connectivity index (χ4v) is 2.81. The number of aryl methyl sites for hydroxylation is 1. The van der Waals surface area contributed by atoms with Gasteiger partial charge in [0.15, 0.2) is 0 Å². The molecule has 1 heterocycles. The van der Waals surface area contributed by atoms with Gasteiger partial charge in [-0.25, -0.2) is 0 Å². The first-order valence-electron chi connectivity index (χ1n) is 8.68. The second kappa shape index (κ2) is 7.66. The fourth-order valence-electron chi connectivity index (χ4n) is 2.81. The van der Waals surface area contributed by atoms with Gasteiger partial charge in [-0.1, -0.05) is 55.5 Å². The zero-order valence-electron chi connectivity index (χ0n) is 14.9. The molecule has 0 saturated heterocycles. The van der Waals surface area contributed by atoms with Gasteiger partial charge in [-0.05, 0) is 16.9 Å². The smallest absolute Gasteiger partial charge is 0.127 e. The van der Waals surface area contributed by atoms with E-state index in [0.717, 1.165) is 36.2 Å². The van der Waals surface area contributed by atoms with E-state index >= 15 is 0 Å². The highest BCUT2D eigenvalue weighted by atomic mass is 16.5. The van der Waals surface area contributed by atoms with Crippen LogP contribution >= 0.6 is 0 Å². The molecule has 2 aromatic carbocycles. The molecule has 0 aliphatic heterocycles. The Balaban J connectivity index is 1.51. The predicted octanol–water partition coefficient (Wildman–Crippen LogP) is 3.46. The van der Waals surface area contributed by atoms with E-state index in [1.54, 1.807) is 0 Å². The summed E-state index contributed by atoms with van der Waals surface area (Å²) in [5.74, 6) is 0.919. The minimum absolute atomic E-state index is 0.138. The molecule has 5 heteroatoms. The van der Waals surface area contributed by atoms with E-state index in [-0.39, 0.29) is 12.0 Å². The van der Waals surface area contributed by atoms with Crippen LogP contribution in [0.4, 0.5) is 0 Å². The molecule has 3 rings (SSSR count). The monoisotopic (exact) mass is 339 g/mol. The maximum atomic E-state index is 9.35. The van der Waals surface area contributed by atoms with Crippen LogP contribution in [0.1, 0.15) is 26.0 Å². The zero-order valence-corrected chi connectivity index (χ0v) is 14.9. The maximum absolute atomic E-state index is 9.35. The van der Waals surface area contributed by atoms with Gasteiger partial charge < -0.3 is 9.84 Å². The van der Waals surface area contributed by atoms with Gasteiger partial charge in [0, 0.05) is 37.6 Å². The van der Waals surface area contributed by atoms with Gasteiger partial charge >= 0.3 is 0 Å². The third-order valence-corrected chi connectivity index (χ3v) is 4.21. The van der Waals surface area contributed by atoms with Crippen molar-refractivity contribution in [3.63, 3.8) is 0 Å². The molecule has 0 fully saturated rings. The first-order valence-corrected chi connectivity index (χ1v) is 8.68. The molecule has 3 aromatic rings. The average molecular weight is 339 g/mol. The molecule has 0 spiro atoms. The molecule has 1 N–H and O–H groups in total. The average Bonchev–Trinajstić information content (AvgIpc) is 3.05. The van der Waals surface area contributed by atoms with E-state index in [1.165, 1.54) is 5.39 Å². The first kappa shape index (κ1) is 17.4. The largest absolute Gasteiger partial charge is 0.493 e. The highest BCUT2D eigenvalue weighted by Crippen LogP contribution is 2.25. The second-order valence-corrected chi connectivity index (χ2v) is 7.15. The molecule has 1 aromatic heterocycles. The summed E-state index contributed by atoms with van der Waals surface area (Å²) in [7, 11) is 0. The lowest BCUT2D eigenvalue weighted by Crippen LogP contribution is -2.19. The number of hydrogen-bond acceptors (Lipinski definition) is 4. The fraction of sp³-hybridized carbons (Fsp3) is 0.400. The van der Waals surface area contributed by atoms with E-state index in [4.69, 9.17) is 4.74 Å². The number of aliphatic hydroxyl groups is 1. The van der Waals surface area contributed by atoms with Crippen LogP contribution in [-0.4, -0.2) is 33.3 Å². The molecule has 0 aliphatic rings. The Morgan fingerprint density at radius 3 is 2.76 bits per heavy atom. The molecule has 0 amide bonds. The van der Waals surface area contributed by atoms with Gasteiger partial charge in [0.05, 0.1) is 12.3 Å². The van der Waals surface area contributed by atoms with Crippen LogP contribution in [0.25, 0.3) is 10.8 Å². The quantitative estimate of drug-likeness (QED) is 0.639. The molecule has 0 bridgehead atoms. The van der Waals surface area contributed by atoms with Crippen LogP contribution in [0.15, 0.2) is 48.7 Å². The molecular weight excluding hydrogens is 314 g/mol. The van der Waals surface area contributed by atoms with Crippen molar-refractivity contribution in [2.75, 3.05) is 13.2 Å². The number of fused-ring (bicyclic) bond motifs is 1. The zero-order chi connectivity index (χ0) is 17.7. The normalized spacial score (nSPS) is 11.8. The van der Waals surface area contributed by atoms with Crippen LogP contribution in [0.5, 0.6) is 5.75 Å². The Labute approximate surface area is 148 Å². The van der Waals surface area contributed by atoms with E-state index in [9.17, 15) is 5.11 Å².